The largest absolute Gasteiger partial charge is 0.360 e. The Kier molecular flexibility index (Phi) is 4.28. The van der Waals surface area contributed by atoms with E-state index in [4.69, 9.17) is 4.52 Å². The molecule has 1 N–H and O–H groups in total. The van der Waals surface area contributed by atoms with Crippen LogP contribution >= 0.6 is 0 Å². The maximum absolute atomic E-state index is 12.4. The van der Waals surface area contributed by atoms with Crippen molar-refractivity contribution in [1.82, 2.24) is 10.1 Å². The molecule has 2 aromatic rings. The van der Waals surface area contributed by atoms with E-state index in [2.05, 4.69) is 10.5 Å². The molecule has 124 valence electrons. The molecular formula is C16H16N4O4. The fourth-order valence-electron chi connectivity index (χ4n) is 2.41. The fourth-order valence-corrected chi connectivity index (χ4v) is 2.41. The Bertz CT molecular complexity index is 771. The predicted octanol–water partition coefficient (Wildman–Crippen LogP) is 1.78. The van der Waals surface area contributed by atoms with Gasteiger partial charge in [-0.3, -0.25) is 19.4 Å². The first-order valence-corrected chi connectivity index (χ1v) is 7.44. The zero-order valence-corrected chi connectivity index (χ0v) is 13.1. The highest BCUT2D eigenvalue weighted by molar-refractivity contribution is 6.12. The number of nitrogens with one attached hydrogen (secondary N) is 1. The van der Waals surface area contributed by atoms with E-state index in [1.54, 1.807) is 37.3 Å². The van der Waals surface area contributed by atoms with E-state index < -0.39 is 6.03 Å². The fraction of sp³-hybridized carbons (Fsp3) is 0.250. The number of carbonyl (C=O) groups excluding carboxylic acids is 3. The third-order valence-electron chi connectivity index (χ3n) is 3.58. The van der Waals surface area contributed by atoms with Crippen LogP contribution in [0.15, 0.2) is 40.9 Å². The molecule has 0 radical (unpaired) electrons. The quantitative estimate of drug-likeness (QED) is 0.844. The summed E-state index contributed by atoms with van der Waals surface area (Å²) in [7, 11) is 0. The second-order valence-corrected chi connectivity index (χ2v) is 5.37. The van der Waals surface area contributed by atoms with Gasteiger partial charge in [-0.2, -0.15) is 0 Å². The topological polar surface area (TPSA) is 95.8 Å². The van der Waals surface area contributed by atoms with Crippen LogP contribution in [-0.2, 0) is 9.59 Å². The van der Waals surface area contributed by atoms with Crippen molar-refractivity contribution in [1.29, 1.82) is 0 Å². The number of nitrogens with zero attached hydrogens (tertiary/aromatic N) is 3. The third kappa shape index (κ3) is 3.27. The van der Waals surface area contributed by atoms with E-state index in [0.29, 0.717) is 17.3 Å². The van der Waals surface area contributed by atoms with Crippen molar-refractivity contribution in [2.45, 2.75) is 13.3 Å². The summed E-state index contributed by atoms with van der Waals surface area (Å²) in [4.78, 5) is 38.8. The predicted molar refractivity (Wildman–Crippen MR) is 85.4 cm³/mol. The lowest BCUT2D eigenvalue weighted by Crippen LogP contribution is -2.35. The number of hydrogen-bond donors (Lipinski definition) is 1. The van der Waals surface area contributed by atoms with Crippen molar-refractivity contribution in [3.05, 3.63) is 42.2 Å². The van der Waals surface area contributed by atoms with Crippen molar-refractivity contribution >= 4 is 29.4 Å². The smallest absolute Gasteiger partial charge is 0.331 e. The molecule has 8 nitrogen and oxygen atoms in total. The van der Waals surface area contributed by atoms with Gasteiger partial charge >= 0.3 is 6.03 Å². The van der Waals surface area contributed by atoms with Gasteiger partial charge in [0.1, 0.15) is 12.3 Å². The number of imide groups is 1. The molecule has 8 heteroatoms. The molecule has 0 spiro atoms. The second kappa shape index (κ2) is 6.53. The van der Waals surface area contributed by atoms with Gasteiger partial charge in [0.25, 0.3) is 5.91 Å². The molecule has 1 aliphatic heterocycles. The normalized spacial score (nSPS) is 14.4. The van der Waals surface area contributed by atoms with Crippen LogP contribution in [0.4, 0.5) is 16.3 Å². The van der Waals surface area contributed by atoms with E-state index in [9.17, 15) is 14.4 Å². The van der Waals surface area contributed by atoms with Gasteiger partial charge in [-0.15, -0.1) is 0 Å². The van der Waals surface area contributed by atoms with Crippen LogP contribution in [0.2, 0.25) is 0 Å². The molecule has 0 aliphatic carbocycles. The zero-order chi connectivity index (χ0) is 17.1. The monoisotopic (exact) mass is 328 g/mol. The molecule has 0 unspecified atom stereocenters. The molecule has 0 bridgehead atoms. The number of anilines is 2. The molecule has 3 rings (SSSR count). The molecule has 1 aliphatic rings. The zero-order valence-electron chi connectivity index (χ0n) is 13.1. The van der Waals surface area contributed by atoms with Crippen molar-refractivity contribution in [3.63, 3.8) is 0 Å². The van der Waals surface area contributed by atoms with Crippen molar-refractivity contribution in [3.8, 4) is 0 Å². The summed E-state index contributed by atoms with van der Waals surface area (Å²) in [6.07, 6.45) is -0.00792. The molecular weight excluding hydrogens is 312 g/mol. The molecule has 1 saturated heterocycles. The Morgan fingerprint density at radius 3 is 2.71 bits per heavy atom. The van der Waals surface area contributed by atoms with Crippen LogP contribution < -0.4 is 10.2 Å². The highest BCUT2D eigenvalue weighted by atomic mass is 16.5. The molecule has 4 amide bonds. The first-order chi connectivity index (χ1) is 11.5. The number of carbonyl (C=O) groups is 3. The summed E-state index contributed by atoms with van der Waals surface area (Å²) in [6, 6.07) is 10.1. The second-order valence-electron chi connectivity index (χ2n) is 5.37. The minimum absolute atomic E-state index is 0.00792. The lowest BCUT2D eigenvalue weighted by molar-refractivity contribution is -0.125. The van der Waals surface area contributed by atoms with Gasteiger partial charge in [-0.25, -0.2) is 4.79 Å². The average molecular weight is 328 g/mol. The minimum atomic E-state index is -0.420. The number of amides is 4. The van der Waals surface area contributed by atoms with Crippen molar-refractivity contribution < 1.29 is 18.9 Å². The van der Waals surface area contributed by atoms with Crippen LogP contribution in [-0.4, -0.2) is 41.0 Å². The number of urea groups is 1. The number of aromatic nitrogens is 1. The van der Waals surface area contributed by atoms with Gasteiger partial charge < -0.3 is 9.84 Å². The summed E-state index contributed by atoms with van der Waals surface area (Å²) in [5.74, 6) is 0.215. The lowest BCUT2D eigenvalue weighted by Gasteiger charge is -2.16. The van der Waals surface area contributed by atoms with Crippen LogP contribution in [0.3, 0.4) is 0 Å². The number of para-hydroxylation sites is 1. The van der Waals surface area contributed by atoms with Crippen molar-refractivity contribution in [2.24, 2.45) is 0 Å². The molecule has 0 saturated carbocycles. The standard InChI is InChI=1S/C16H16N4O4/c1-11-9-13(18-24-11)17-14(21)7-8-19-15(22)10-20(16(19)23)12-5-3-2-4-6-12/h2-6,9H,7-8,10H2,1H3,(H,17,18,21). The highest BCUT2D eigenvalue weighted by Crippen LogP contribution is 2.20. The van der Waals surface area contributed by atoms with E-state index in [0.717, 1.165) is 4.90 Å². The van der Waals surface area contributed by atoms with E-state index in [1.807, 2.05) is 6.07 Å². The van der Waals surface area contributed by atoms with Gasteiger partial charge in [0.15, 0.2) is 5.82 Å². The minimum Gasteiger partial charge on any atom is -0.360 e. The Morgan fingerprint density at radius 2 is 2.04 bits per heavy atom. The van der Waals surface area contributed by atoms with E-state index in [1.165, 1.54) is 4.90 Å². The first kappa shape index (κ1) is 15.7. The lowest BCUT2D eigenvalue weighted by atomic mass is 10.3. The number of benzene rings is 1. The van der Waals surface area contributed by atoms with E-state index >= 15 is 0 Å². The van der Waals surface area contributed by atoms with Gasteiger partial charge in [0.2, 0.25) is 5.91 Å². The van der Waals surface area contributed by atoms with Gasteiger partial charge in [0, 0.05) is 24.7 Å². The Hall–Kier alpha value is -3.16. The summed E-state index contributed by atoms with van der Waals surface area (Å²) < 4.78 is 4.85. The van der Waals surface area contributed by atoms with Gasteiger partial charge in [-0.05, 0) is 19.1 Å². The highest BCUT2D eigenvalue weighted by Gasteiger charge is 2.36. The van der Waals surface area contributed by atoms with Crippen LogP contribution in [0.5, 0.6) is 0 Å². The van der Waals surface area contributed by atoms with Crippen LogP contribution in [0.25, 0.3) is 0 Å². The van der Waals surface area contributed by atoms with Crippen LogP contribution in [0, 0.1) is 6.92 Å². The number of rotatable bonds is 5. The maximum atomic E-state index is 12.4. The molecule has 24 heavy (non-hydrogen) atoms. The van der Waals surface area contributed by atoms with Crippen LogP contribution in [0.1, 0.15) is 12.2 Å². The van der Waals surface area contributed by atoms with Gasteiger partial charge in [0.05, 0.1) is 0 Å². The number of aryl methyl sites for hydroxylation is 1. The Labute approximate surface area is 138 Å². The molecule has 1 aromatic heterocycles. The molecule has 1 fully saturated rings. The first-order valence-electron chi connectivity index (χ1n) is 7.44. The summed E-state index contributed by atoms with van der Waals surface area (Å²) >= 11 is 0. The average Bonchev–Trinajstić information content (AvgIpc) is 3.10. The van der Waals surface area contributed by atoms with E-state index in [-0.39, 0.29) is 31.3 Å². The summed E-state index contributed by atoms with van der Waals surface area (Å²) in [5.41, 5.74) is 0.654. The summed E-state index contributed by atoms with van der Waals surface area (Å²) in [6.45, 7) is 1.71. The van der Waals surface area contributed by atoms with Gasteiger partial charge in [-0.1, -0.05) is 23.4 Å². The molecule has 2 heterocycles. The molecule has 1 aromatic carbocycles. The summed E-state index contributed by atoms with van der Waals surface area (Å²) in [5, 5.41) is 6.21. The third-order valence-corrected chi connectivity index (χ3v) is 3.58. The Balaban J connectivity index is 1.58. The number of hydrogen-bond acceptors (Lipinski definition) is 5. The molecule has 0 atom stereocenters. The maximum Gasteiger partial charge on any atom is 0.331 e. The van der Waals surface area contributed by atoms with Crippen molar-refractivity contribution in [2.75, 3.05) is 23.3 Å². The Morgan fingerprint density at radius 1 is 1.29 bits per heavy atom. The SMILES string of the molecule is Cc1cc(NC(=O)CCN2C(=O)CN(c3ccccc3)C2=O)no1.